The van der Waals surface area contributed by atoms with E-state index in [9.17, 15) is 9.90 Å². The van der Waals surface area contributed by atoms with Crippen molar-refractivity contribution >= 4 is 52.9 Å². The van der Waals surface area contributed by atoms with Gasteiger partial charge in [-0.3, -0.25) is 10.2 Å². The number of nitrogens with zero attached hydrogens (tertiary/aromatic N) is 1. The molecule has 4 N–H and O–H groups in total. The highest BCUT2D eigenvalue weighted by Crippen LogP contribution is 2.56. The predicted octanol–water partition coefficient (Wildman–Crippen LogP) is 2.90. The summed E-state index contributed by atoms with van der Waals surface area (Å²) in [6.45, 7) is 0. The molecule has 1 aliphatic rings. The van der Waals surface area contributed by atoms with Crippen molar-refractivity contribution in [2.24, 2.45) is 10.8 Å². The minimum Gasteiger partial charge on any atom is -0.480 e. The molecule has 1 aliphatic heterocycles. The van der Waals surface area contributed by atoms with Crippen LogP contribution in [-0.2, 0) is 9.67 Å². The number of fused-ring (bicyclic) bond motifs is 1. The number of benzene rings is 2. The molecule has 1 heterocycles. The van der Waals surface area contributed by atoms with Gasteiger partial charge >= 0.3 is 5.97 Å². The number of rotatable bonds is 4. The van der Waals surface area contributed by atoms with Gasteiger partial charge in [0.05, 0.1) is 6.21 Å². The van der Waals surface area contributed by atoms with E-state index in [4.69, 9.17) is 29.6 Å². The summed E-state index contributed by atoms with van der Waals surface area (Å²) in [6.07, 6.45) is 1.53. The quantitative estimate of drug-likeness (QED) is 0.321. The lowest BCUT2D eigenvalue weighted by Crippen LogP contribution is -2.36. The first kappa shape index (κ1) is 17.7. The molecule has 128 valence electrons. The number of carboxylic acids is 1. The molecule has 2 unspecified atom stereocenters. The molecular formula is C17H14ClN3O2S2. The van der Waals surface area contributed by atoms with Crippen LogP contribution in [0.3, 0.4) is 0 Å². The molecule has 25 heavy (non-hydrogen) atoms. The van der Waals surface area contributed by atoms with Gasteiger partial charge in [0, 0.05) is 4.90 Å². The fourth-order valence-corrected chi connectivity index (χ4v) is 4.79. The minimum absolute atomic E-state index is 0.0412. The maximum atomic E-state index is 11.9. The van der Waals surface area contributed by atoms with Gasteiger partial charge in [-0.25, -0.2) is 0 Å². The van der Waals surface area contributed by atoms with Crippen molar-refractivity contribution in [1.82, 2.24) is 5.43 Å². The average molecular weight is 392 g/mol. The molecule has 0 bridgehead atoms. The predicted molar refractivity (Wildman–Crippen MR) is 104 cm³/mol. The van der Waals surface area contributed by atoms with Crippen LogP contribution in [0.4, 0.5) is 0 Å². The van der Waals surface area contributed by atoms with Crippen molar-refractivity contribution in [3.63, 3.8) is 0 Å². The van der Waals surface area contributed by atoms with Crippen molar-refractivity contribution in [1.29, 1.82) is 0 Å². The monoisotopic (exact) mass is 391 g/mol. The average Bonchev–Trinajstić information content (AvgIpc) is 2.90. The number of hydrazone groups is 1. The van der Waals surface area contributed by atoms with Gasteiger partial charge in [0.15, 0.2) is 5.11 Å². The van der Waals surface area contributed by atoms with Gasteiger partial charge in [-0.1, -0.05) is 42.5 Å². The Balaban J connectivity index is 2.14. The third-order valence-corrected chi connectivity index (χ3v) is 6.09. The Morgan fingerprint density at radius 2 is 1.92 bits per heavy atom. The van der Waals surface area contributed by atoms with Crippen molar-refractivity contribution < 1.29 is 9.90 Å². The highest BCUT2D eigenvalue weighted by Gasteiger charge is 2.52. The van der Waals surface area contributed by atoms with Gasteiger partial charge in [-0.2, -0.15) is 5.10 Å². The van der Waals surface area contributed by atoms with Crippen LogP contribution in [0, 0.1) is 0 Å². The lowest BCUT2D eigenvalue weighted by molar-refractivity contribution is -0.136. The van der Waals surface area contributed by atoms with Crippen LogP contribution >= 0.6 is 35.6 Å². The molecule has 8 heteroatoms. The maximum absolute atomic E-state index is 11.9. The number of nitrogens with two attached hydrogens (primary N) is 1. The van der Waals surface area contributed by atoms with Crippen LogP contribution in [-0.4, -0.2) is 27.7 Å². The van der Waals surface area contributed by atoms with Gasteiger partial charge < -0.3 is 10.8 Å². The number of alkyl halides is 1. The molecule has 0 saturated carbocycles. The van der Waals surface area contributed by atoms with Gasteiger partial charge in [0.2, 0.25) is 0 Å². The SMILES string of the molecule is NC(=S)N/N=C/c1ccccc1C1(Cl)c2ccccc2SC1C(=O)O. The number of carbonyl (C=O) groups is 1. The highest BCUT2D eigenvalue weighted by atomic mass is 35.5. The second-order valence-corrected chi connectivity index (χ2v) is 7.55. The fraction of sp³-hybridized carbons (Fsp3) is 0.118. The topological polar surface area (TPSA) is 87.7 Å². The smallest absolute Gasteiger partial charge is 0.319 e. The maximum Gasteiger partial charge on any atom is 0.319 e. The standard InChI is InChI=1S/C17H14ClN3O2S2/c18-17(11-6-2-1-5-10(11)9-20-21-16(19)24)12-7-3-4-8-13(12)25-14(17)15(22)23/h1-9,14H,(H,22,23)(H3,19,21,24)/b20-9+. The first-order valence-electron chi connectivity index (χ1n) is 7.30. The minimum atomic E-state index is -1.21. The third-order valence-electron chi connectivity index (χ3n) is 3.84. The van der Waals surface area contributed by atoms with Crippen LogP contribution in [0.25, 0.3) is 0 Å². The Bertz CT molecular complexity index is 874. The van der Waals surface area contributed by atoms with Crippen molar-refractivity contribution in [2.45, 2.75) is 15.0 Å². The number of aliphatic carboxylic acids is 1. The summed E-state index contributed by atoms with van der Waals surface area (Å²) in [5.74, 6) is -0.968. The van der Waals surface area contributed by atoms with E-state index in [-0.39, 0.29) is 5.11 Å². The molecule has 5 nitrogen and oxygen atoms in total. The number of hydrogen-bond donors (Lipinski definition) is 3. The van der Waals surface area contributed by atoms with E-state index in [0.717, 1.165) is 10.5 Å². The van der Waals surface area contributed by atoms with E-state index in [1.807, 2.05) is 48.5 Å². The summed E-state index contributed by atoms with van der Waals surface area (Å²) in [5, 5.41) is 12.9. The Kier molecular flexibility index (Phi) is 4.99. The molecule has 0 fully saturated rings. The molecule has 0 spiro atoms. The first-order chi connectivity index (χ1) is 11.9. The molecule has 0 radical (unpaired) electrons. The number of nitrogens with one attached hydrogen (secondary N) is 1. The molecule has 2 aromatic carbocycles. The molecule has 0 aliphatic carbocycles. The molecule has 2 aromatic rings. The number of hydrogen-bond acceptors (Lipinski definition) is 4. The van der Waals surface area contributed by atoms with Crippen molar-refractivity contribution in [3.8, 4) is 0 Å². The molecule has 2 atom stereocenters. The number of thioether (sulfide) groups is 1. The van der Waals surface area contributed by atoms with E-state index in [2.05, 4.69) is 10.5 Å². The zero-order chi connectivity index (χ0) is 18.0. The molecule has 0 amide bonds. The first-order valence-corrected chi connectivity index (χ1v) is 8.97. The van der Waals surface area contributed by atoms with E-state index in [0.29, 0.717) is 11.1 Å². The molecule has 3 rings (SSSR count). The zero-order valence-corrected chi connectivity index (χ0v) is 15.2. The Hall–Kier alpha value is -2.09. The number of carboxylic acid groups (broad SMARTS) is 1. The Morgan fingerprint density at radius 3 is 2.60 bits per heavy atom. The van der Waals surface area contributed by atoms with Crippen molar-refractivity contribution in [3.05, 3.63) is 65.2 Å². The number of halogens is 1. The molecule has 0 aromatic heterocycles. The van der Waals surface area contributed by atoms with Crippen LogP contribution in [0.1, 0.15) is 16.7 Å². The summed E-state index contributed by atoms with van der Waals surface area (Å²) in [4.78, 5) is 11.5. The van der Waals surface area contributed by atoms with Crippen LogP contribution in [0.15, 0.2) is 58.5 Å². The van der Waals surface area contributed by atoms with E-state index in [1.54, 1.807) is 0 Å². The summed E-state index contributed by atoms with van der Waals surface area (Å²) < 4.78 is 0. The third kappa shape index (κ3) is 3.22. The summed E-state index contributed by atoms with van der Waals surface area (Å²) >= 11 is 13.0. The van der Waals surface area contributed by atoms with E-state index < -0.39 is 16.1 Å². The normalized spacial score (nSPS) is 21.9. The van der Waals surface area contributed by atoms with Gasteiger partial charge in [-0.05, 0) is 35.0 Å². The molecule has 0 saturated heterocycles. The summed E-state index contributed by atoms with van der Waals surface area (Å²) in [6, 6.07) is 14.7. The van der Waals surface area contributed by atoms with E-state index in [1.165, 1.54) is 18.0 Å². The van der Waals surface area contributed by atoms with Gasteiger partial charge in [0.25, 0.3) is 0 Å². The second kappa shape index (κ2) is 7.03. The largest absolute Gasteiger partial charge is 0.480 e. The lowest BCUT2D eigenvalue weighted by Gasteiger charge is -2.28. The van der Waals surface area contributed by atoms with Crippen LogP contribution in [0.5, 0.6) is 0 Å². The van der Waals surface area contributed by atoms with Crippen LogP contribution < -0.4 is 11.2 Å². The number of thiocarbonyl (C=S) groups is 1. The lowest BCUT2D eigenvalue weighted by atomic mass is 9.85. The second-order valence-electron chi connectivity index (χ2n) is 5.37. The highest BCUT2D eigenvalue weighted by molar-refractivity contribution is 8.01. The van der Waals surface area contributed by atoms with Crippen LogP contribution in [0.2, 0.25) is 0 Å². The Morgan fingerprint density at radius 1 is 1.28 bits per heavy atom. The molecular weight excluding hydrogens is 378 g/mol. The fourth-order valence-electron chi connectivity index (χ4n) is 2.83. The van der Waals surface area contributed by atoms with Crippen molar-refractivity contribution in [2.75, 3.05) is 0 Å². The van der Waals surface area contributed by atoms with Gasteiger partial charge in [0.1, 0.15) is 10.1 Å². The zero-order valence-electron chi connectivity index (χ0n) is 12.8. The van der Waals surface area contributed by atoms with Gasteiger partial charge in [-0.15, -0.1) is 23.4 Å². The van der Waals surface area contributed by atoms with E-state index >= 15 is 0 Å². The summed E-state index contributed by atoms with van der Waals surface area (Å²) in [5.41, 5.74) is 9.98. The Labute approximate surface area is 159 Å². The summed E-state index contributed by atoms with van der Waals surface area (Å²) in [7, 11) is 0.